The van der Waals surface area contributed by atoms with Crippen molar-refractivity contribution in [3.05, 3.63) is 54.6 Å². The monoisotopic (exact) mass is 419 g/mol. The van der Waals surface area contributed by atoms with Crippen molar-refractivity contribution in [1.29, 1.82) is 0 Å². The first-order valence-electron chi connectivity index (χ1n) is 9.10. The molecule has 0 radical (unpaired) electrons. The summed E-state index contributed by atoms with van der Waals surface area (Å²) in [5, 5.41) is 0. The summed E-state index contributed by atoms with van der Waals surface area (Å²) < 4.78 is 26.6. The van der Waals surface area contributed by atoms with Crippen LogP contribution in [0.3, 0.4) is 0 Å². The number of thioether (sulfide) groups is 1. The number of carbonyl (C=O) groups is 1. The fourth-order valence-corrected chi connectivity index (χ4v) is 4.68. The van der Waals surface area contributed by atoms with E-state index in [0.717, 1.165) is 28.0 Å². The van der Waals surface area contributed by atoms with Crippen molar-refractivity contribution in [2.45, 2.75) is 9.79 Å². The molecule has 6 nitrogen and oxygen atoms in total. The Labute approximate surface area is 171 Å². The van der Waals surface area contributed by atoms with Gasteiger partial charge in [0.15, 0.2) is 0 Å². The molecule has 0 saturated carbocycles. The van der Waals surface area contributed by atoms with Crippen molar-refractivity contribution in [3.63, 3.8) is 0 Å². The van der Waals surface area contributed by atoms with Crippen LogP contribution in [0.5, 0.6) is 0 Å². The van der Waals surface area contributed by atoms with Crippen LogP contribution in [0.4, 0.5) is 5.69 Å². The van der Waals surface area contributed by atoms with Crippen molar-refractivity contribution in [3.8, 4) is 0 Å². The number of piperazine rings is 1. The maximum absolute atomic E-state index is 12.7. The number of nitrogens with zero attached hydrogens (tertiary/aromatic N) is 3. The molecule has 0 aliphatic carbocycles. The molecule has 1 aliphatic rings. The number of hydrogen-bond acceptors (Lipinski definition) is 5. The molecule has 0 atom stereocenters. The molecule has 8 heteroatoms. The third-order valence-corrected chi connectivity index (χ3v) is 7.44. The maximum Gasteiger partial charge on any atom is 0.243 e. The van der Waals surface area contributed by atoms with E-state index in [2.05, 4.69) is 17.0 Å². The summed E-state index contributed by atoms with van der Waals surface area (Å²) in [7, 11) is -2.23. The van der Waals surface area contributed by atoms with Crippen molar-refractivity contribution in [2.24, 2.45) is 0 Å². The Morgan fingerprint density at radius 2 is 1.61 bits per heavy atom. The van der Waals surface area contributed by atoms with Crippen LogP contribution in [0.1, 0.15) is 0 Å². The van der Waals surface area contributed by atoms with E-state index in [4.69, 9.17) is 0 Å². The summed E-state index contributed by atoms with van der Waals surface area (Å²) in [6, 6.07) is 16.8. The number of likely N-dealkylation sites (N-methyl/N-ethyl adjacent to an activating group) is 1. The van der Waals surface area contributed by atoms with Crippen molar-refractivity contribution >= 4 is 33.4 Å². The summed E-state index contributed by atoms with van der Waals surface area (Å²) in [5.74, 6) is -0.167. The summed E-state index contributed by atoms with van der Waals surface area (Å²) in [6.45, 7) is 2.50. The van der Waals surface area contributed by atoms with Crippen molar-refractivity contribution < 1.29 is 13.2 Å². The zero-order valence-electron chi connectivity index (χ0n) is 16.1. The van der Waals surface area contributed by atoms with Crippen LogP contribution in [0, 0.1) is 0 Å². The lowest BCUT2D eigenvalue weighted by atomic mass is 10.2. The zero-order chi connectivity index (χ0) is 20.1. The predicted octanol–water partition coefficient (Wildman–Crippen LogP) is 2.38. The van der Waals surface area contributed by atoms with E-state index in [-0.39, 0.29) is 17.3 Å². The maximum atomic E-state index is 12.7. The third-order valence-electron chi connectivity index (χ3n) is 4.88. The van der Waals surface area contributed by atoms with Crippen LogP contribution >= 0.6 is 11.8 Å². The largest absolute Gasteiger partial charge is 0.368 e. The molecule has 1 aliphatic heterocycles. The predicted molar refractivity (Wildman–Crippen MR) is 113 cm³/mol. The normalized spacial score (nSPS) is 15.1. The number of amides is 1. The molecule has 28 heavy (non-hydrogen) atoms. The minimum Gasteiger partial charge on any atom is -0.368 e. The highest BCUT2D eigenvalue weighted by Gasteiger charge is 2.27. The Hall–Kier alpha value is -2.03. The summed E-state index contributed by atoms with van der Waals surface area (Å²) in [4.78, 5) is 17.8. The van der Waals surface area contributed by atoms with E-state index in [0.29, 0.717) is 13.1 Å². The number of anilines is 1. The molecule has 0 aromatic heterocycles. The molecule has 0 N–H and O–H groups in total. The zero-order valence-corrected chi connectivity index (χ0v) is 17.7. The number of para-hydroxylation sites is 1. The van der Waals surface area contributed by atoms with Gasteiger partial charge >= 0.3 is 0 Å². The second-order valence-electron chi connectivity index (χ2n) is 6.64. The summed E-state index contributed by atoms with van der Waals surface area (Å²) in [6.07, 6.45) is 1.94. The van der Waals surface area contributed by atoms with Gasteiger partial charge in [0.2, 0.25) is 15.9 Å². The first-order chi connectivity index (χ1) is 13.4. The van der Waals surface area contributed by atoms with Crippen LogP contribution in [0.25, 0.3) is 0 Å². The first kappa shape index (κ1) is 20.7. The fraction of sp³-hybridized carbons (Fsp3) is 0.350. The van der Waals surface area contributed by atoms with Gasteiger partial charge in [0, 0.05) is 43.8 Å². The molecule has 0 unspecified atom stereocenters. The van der Waals surface area contributed by atoms with Crippen molar-refractivity contribution in [2.75, 3.05) is 50.9 Å². The summed E-state index contributed by atoms with van der Waals surface area (Å²) >= 11 is 1.55. The number of rotatable bonds is 6. The van der Waals surface area contributed by atoms with Crippen LogP contribution in [-0.2, 0) is 14.8 Å². The lowest BCUT2D eigenvalue weighted by Crippen LogP contribution is -2.51. The molecule has 1 fully saturated rings. The lowest BCUT2D eigenvalue weighted by molar-refractivity contribution is -0.131. The molecule has 2 aromatic rings. The van der Waals surface area contributed by atoms with Gasteiger partial charge < -0.3 is 9.80 Å². The first-order valence-corrected chi connectivity index (χ1v) is 11.8. The molecular weight excluding hydrogens is 394 g/mol. The van der Waals surface area contributed by atoms with Gasteiger partial charge in [-0.1, -0.05) is 18.2 Å². The Morgan fingerprint density at radius 3 is 2.18 bits per heavy atom. The molecule has 0 spiro atoms. The Bertz CT molecular complexity index is 894. The molecule has 3 rings (SSSR count). The number of hydrogen-bond donors (Lipinski definition) is 0. The van der Waals surface area contributed by atoms with Gasteiger partial charge in [-0.3, -0.25) is 4.79 Å². The summed E-state index contributed by atoms with van der Waals surface area (Å²) in [5.41, 5.74) is 1.14. The fourth-order valence-electron chi connectivity index (χ4n) is 3.16. The van der Waals surface area contributed by atoms with Crippen LogP contribution in [0.2, 0.25) is 0 Å². The van der Waals surface area contributed by atoms with E-state index >= 15 is 0 Å². The highest BCUT2D eigenvalue weighted by Crippen LogP contribution is 2.20. The molecule has 1 amide bonds. The lowest BCUT2D eigenvalue weighted by Gasteiger charge is -2.36. The van der Waals surface area contributed by atoms with E-state index in [1.54, 1.807) is 40.9 Å². The number of benzene rings is 2. The standard InChI is InChI=1S/C20H25N3O3S2/c1-21(28(25,26)19-10-8-18(27-2)9-11-19)16-20(24)23-14-12-22(13-15-23)17-6-4-3-5-7-17/h3-11H,12-16H2,1-2H3. The van der Waals surface area contributed by atoms with Crippen molar-refractivity contribution in [1.82, 2.24) is 9.21 Å². The van der Waals surface area contributed by atoms with Gasteiger partial charge in [-0.15, -0.1) is 11.8 Å². The van der Waals surface area contributed by atoms with Crippen LogP contribution < -0.4 is 4.90 Å². The molecular formula is C20H25N3O3S2. The smallest absolute Gasteiger partial charge is 0.243 e. The quantitative estimate of drug-likeness (QED) is 0.673. The van der Waals surface area contributed by atoms with E-state index < -0.39 is 10.0 Å². The SMILES string of the molecule is CSc1ccc(S(=O)(=O)N(C)CC(=O)N2CCN(c3ccccc3)CC2)cc1. The second-order valence-corrected chi connectivity index (χ2v) is 9.56. The average Bonchev–Trinajstić information content (AvgIpc) is 2.74. The van der Waals surface area contributed by atoms with Crippen LogP contribution in [-0.4, -0.2) is 69.6 Å². The highest BCUT2D eigenvalue weighted by molar-refractivity contribution is 7.98. The molecule has 0 bridgehead atoms. The Balaban J connectivity index is 1.58. The third kappa shape index (κ3) is 4.68. The van der Waals surface area contributed by atoms with E-state index in [1.165, 1.54) is 7.05 Å². The van der Waals surface area contributed by atoms with Gasteiger partial charge in [-0.25, -0.2) is 8.42 Å². The van der Waals surface area contributed by atoms with E-state index in [9.17, 15) is 13.2 Å². The van der Waals surface area contributed by atoms with E-state index in [1.807, 2.05) is 24.5 Å². The molecule has 1 saturated heterocycles. The Morgan fingerprint density at radius 1 is 1.00 bits per heavy atom. The number of carbonyl (C=O) groups excluding carboxylic acids is 1. The van der Waals surface area contributed by atoms with Gasteiger partial charge in [-0.2, -0.15) is 4.31 Å². The number of sulfonamides is 1. The Kier molecular flexibility index (Phi) is 6.64. The van der Waals surface area contributed by atoms with Gasteiger partial charge in [-0.05, 0) is 42.7 Å². The van der Waals surface area contributed by atoms with Gasteiger partial charge in [0.1, 0.15) is 0 Å². The second kappa shape index (κ2) is 8.98. The minimum absolute atomic E-state index is 0.155. The van der Waals surface area contributed by atoms with Crippen LogP contribution in [0.15, 0.2) is 64.4 Å². The average molecular weight is 420 g/mol. The topological polar surface area (TPSA) is 60.9 Å². The minimum atomic E-state index is -3.69. The van der Waals surface area contributed by atoms with Gasteiger partial charge in [0.25, 0.3) is 0 Å². The molecule has 2 aromatic carbocycles. The highest BCUT2D eigenvalue weighted by atomic mass is 32.2. The molecule has 1 heterocycles. The van der Waals surface area contributed by atoms with Gasteiger partial charge in [0.05, 0.1) is 11.4 Å². The molecule has 150 valence electrons.